The van der Waals surface area contributed by atoms with Crippen LogP contribution in [0.15, 0.2) is 30.3 Å². The number of nitrogens with zero attached hydrogens (tertiary/aromatic N) is 1. The minimum Gasteiger partial charge on any atom is -0.447 e. The molecule has 6 heteroatoms. The van der Waals surface area contributed by atoms with E-state index in [1.165, 1.54) is 6.42 Å². The van der Waals surface area contributed by atoms with Gasteiger partial charge in [-0.25, -0.2) is 4.79 Å². The Labute approximate surface area is 166 Å². The molecule has 1 aliphatic carbocycles. The number of ether oxygens (including phenoxy) is 3. The van der Waals surface area contributed by atoms with Gasteiger partial charge in [-0.2, -0.15) is 0 Å². The number of hydrogen-bond acceptors (Lipinski definition) is 5. The molecule has 1 atom stereocenters. The lowest BCUT2D eigenvalue weighted by molar-refractivity contribution is -0.190. The van der Waals surface area contributed by atoms with Gasteiger partial charge >= 0.3 is 6.09 Å². The molecule has 1 aromatic rings. The van der Waals surface area contributed by atoms with E-state index < -0.39 is 11.4 Å². The highest BCUT2D eigenvalue weighted by Gasteiger charge is 2.43. The number of carbonyl (C=O) groups excluding carboxylic acids is 1. The van der Waals surface area contributed by atoms with Gasteiger partial charge in [0.25, 0.3) is 0 Å². The van der Waals surface area contributed by atoms with E-state index in [4.69, 9.17) is 14.2 Å². The van der Waals surface area contributed by atoms with Crippen molar-refractivity contribution in [3.63, 3.8) is 0 Å². The number of aliphatic hydroxyl groups is 1. The summed E-state index contributed by atoms with van der Waals surface area (Å²) in [5, 5.41) is 10.9. The predicted molar refractivity (Wildman–Crippen MR) is 104 cm³/mol. The molecule has 1 unspecified atom stereocenters. The minimum absolute atomic E-state index is 0.179. The Morgan fingerprint density at radius 3 is 2.54 bits per heavy atom. The number of piperidine rings is 1. The molecule has 4 rings (SSSR count). The van der Waals surface area contributed by atoms with Crippen molar-refractivity contribution in [3.8, 4) is 0 Å². The quantitative estimate of drug-likeness (QED) is 0.856. The highest BCUT2D eigenvalue weighted by Crippen LogP contribution is 2.37. The van der Waals surface area contributed by atoms with Gasteiger partial charge in [0.05, 0.1) is 12.2 Å². The maximum absolute atomic E-state index is 12.4. The second kappa shape index (κ2) is 8.39. The number of likely N-dealkylation sites (tertiary alicyclic amines) is 1. The SMILES string of the molecule is O=C(OCC1COC2(CCCCC2)O1)N1CCC(O)(Cc2ccccc2)CC1. The van der Waals surface area contributed by atoms with E-state index in [0.717, 1.165) is 31.2 Å². The fourth-order valence-corrected chi connectivity index (χ4v) is 4.57. The van der Waals surface area contributed by atoms with Crippen molar-refractivity contribution in [2.24, 2.45) is 0 Å². The molecule has 0 aromatic heterocycles. The molecular weight excluding hydrogens is 358 g/mol. The molecule has 6 nitrogen and oxygen atoms in total. The van der Waals surface area contributed by atoms with Gasteiger partial charge in [-0.1, -0.05) is 36.8 Å². The van der Waals surface area contributed by atoms with Crippen molar-refractivity contribution in [2.75, 3.05) is 26.3 Å². The van der Waals surface area contributed by atoms with Crippen molar-refractivity contribution in [3.05, 3.63) is 35.9 Å². The van der Waals surface area contributed by atoms with E-state index >= 15 is 0 Å². The summed E-state index contributed by atoms with van der Waals surface area (Å²) in [6.45, 7) is 1.73. The molecule has 2 aliphatic heterocycles. The third kappa shape index (κ3) is 4.67. The van der Waals surface area contributed by atoms with Gasteiger partial charge in [0.2, 0.25) is 0 Å². The molecule has 2 saturated heterocycles. The lowest BCUT2D eigenvalue weighted by Crippen LogP contribution is -2.48. The third-order valence-corrected chi connectivity index (χ3v) is 6.25. The number of rotatable bonds is 4. The van der Waals surface area contributed by atoms with Gasteiger partial charge in [-0.3, -0.25) is 0 Å². The van der Waals surface area contributed by atoms with E-state index in [-0.39, 0.29) is 18.8 Å². The fraction of sp³-hybridized carbons (Fsp3) is 0.682. The molecule has 0 radical (unpaired) electrons. The first-order valence-electron chi connectivity index (χ1n) is 10.6. The standard InChI is InChI=1S/C22H31NO5/c24-20(26-16-19-17-27-22(28-19)9-5-2-6-10-22)23-13-11-21(25,12-14-23)15-18-7-3-1-4-8-18/h1,3-4,7-8,19,25H,2,5-6,9-17H2. The highest BCUT2D eigenvalue weighted by atomic mass is 16.8. The Balaban J connectivity index is 1.20. The van der Waals surface area contributed by atoms with E-state index in [1.807, 2.05) is 30.3 Å². The maximum atomic E-state index is 12.4. The molecule has 1 amide bonds. The van der Waals surface area contributed by atoms with Gasteiger partial charge in [0.15, 0.2) is 5.79 Å². The van der Waals surface area contributed by atoms with Gasteiger partial charge in [0, 0.05) is 32.4 Å². The lowest BCUT2D eigenvalue weighted by Gasteiger charge is -2.38. The summed E-state index contributed by atoms with van der Waals surface area (Å²) in [6.07, 6.45) is 6.60. The summed E-state index contributed by atoms with van der Waals surface area (Å²) in [6, 6.07) is 10.00. The second-order valence-corrected chi connectivity index (χ2v) is 8.47. The summed E-state index contributed by atoms with van der Waals surface area (Å²) in [5.74, 6) is -0.436. The Kier molecular flexibility index (Phi) is 5.90. The molecule has 3 fully saturated rings. The first-order chi connectivity index (χ1) is 13.6. The van der Waals surface area contributed by atoms with Gasteiger partial charge < -0.3 is 24.2 Å². The van der Waals surface area contributed by atoms with Crippen LogP contribution in [0.4, 0.5) is 4.79 Å². The van der Waals surface area contributed by atoms with Gasteiger partial charge in [-0.05, 0) is 31.2 Å². The number of amides is 1. The molecular formula is C22H31NO5. The molecule has 3 aliphatic rings. The van der Waals surface area contributed by atoms with Crippen molar-refractivity contribution in [2.45, 2.75) is 68.9 Å². The minimum atomic E-state index is -0.756. The summed E-state index contributed by atoms with van der Waals surface area (Å²) >= 11 is 0. The number of benzene rings is 1. The average molecular weight is 389 g/mol. The molecule has 1 N–H and O–H groups in total. The van der Waals surface area contributed by atoms with Crippen LogP contribution in [0.1, 0.15) is 50.5 Å². The molecule has 28 heavy (non-hydrogen) atoms. The smallest absolute Gasteiger partial charge is 0.409 e. The van der Waals surface area contributed by atoms with E-state index in [0.29, 0.717) is 39.0 Å². The van der Waals surface area contributed by atoms with Gasteiger partial charge in [-0.15, -0.1) is 0 Å². The first-order valence-corrected chi connectivity index (χ1v) is 10.6. The van der Waals surface area contributed by atoms with Crippen molar-refractivity contribution in [1.29, 1.82) is 0 Å². The van der Waals surface area contributed by atoms with Crippen LogP contribution in [0.3, 0.4) is 0 Å². The Hall–Kier alpha value is -1.63. The number of carbonyl (C=O) groups is 1. The zero-order valence-electron chi connectivity index (χ0n) is 16.5. The summed E-state index contributed by atoms with van der Waals surface area (Å²) in [4.78, 5) is 14.1. The predicted octanol–water partition coefficient (Wildman–Crippen LogP) is 3.27. The fourth-order valence-electron chi connectivity index (χ4n) is 4.57. The van der Waals surface area contributed by atoms with Crippen LogP contribution >= 0.6 is 0 Å². The zero-order chi connectivity index (χ0) is 19.5. The van der Waals surface area contributed by atoms with E-state index in [9.17, 15) is 9.90 Å². The van der Waals surface area contributed by atoms with E-state index in [2.05, 4.69) is 0 Å². The monoisotopic (exact) mass is 389 g/mol. The van der Waals surface area contributed by atoms with Gasteiger partial charge in [0.1, 0.15) is 12.7 Å². The summed E-state index contributed by atoms with van der Waals surface area (Å²) in [5.41, 5.74) is 0.365. The molecule has 1 spiro atoms. The molecule has 2 heterocycles. The van der Waals surface area contributed by atoms with Crippen molar-refractivity contribution in [1.82, 2.24) is 4.90 Å². The van der Waals surface area contributed by atoms with Crippen molar-refractivity contribution >= 4 is 6.09 Å². The largest absolute Gasteiger partial charge is 0.447 e. The molecule has 154 valence electrons. The van der Waals surface area contributed by atoms with Crippen LogP contribution in [-0.4, -0.2) is 59.9 Å². The normalized spacial score (nSPS) is 26.3. The highest BCUT2D eigenvalue weighted by molar-refractivity contribution is 5.67. The Bertz CT molecular complexity index is 650. The molecule has 1 saturated carbocycles. The van der Waals surface area contributed by atoms with Crippen LogP contribution in [0.5, 0.6) is 0 Å². The average Bonchev–Trinajstić information content (AvgIpc) is 3.10. The van der Waals surface area contributed by atoms with Crippen LogP contribution in [0, 0.1) is 0 Å². The number of hydrogen-bond donors (Lipinski definition) is 1. The van der Waals surface area contributed by atoms with Crippen LogP contribution in [0.2, 0.25) is 0 Å². The zero-order valence-corrected chi connectivity index (χ0v) is 16.5. The maximum Gasteiger partial charge on any atom is 0.409 e. The topological polar surface area (TPSA) is 68.2 Å². The Morgan fingerprint density at radius 1 is 1.11 bits per heavy atom. The lowest BCUT2D eigenvalue weighted by atomic mass is 9.85. The first kappa shape index (κ1) is 19.7. The van der Waals surface area contributed by atoms with E-state index in [1.54, 1.807) is 4.90 Å². The molecule has 1 aromatic carbocycles. The van der Waals surface area contributed by atoms with Crippen LogP contribution in [-0.2, 0) is 20.6 Å². The second-order valence-electron chi connectivity index (χ2n) is 8.47. The summed E-state index contributed by atoms with van der Waals surface area (Å²) < 4.78 is 17.5. The Morgan fingerprint density at radius 2 is 1.82 bits per heavy atom. The van der Waals surface area contributed by atoms with Crippen LogP contribution < -0.4 is 0 Å². The third-order valence-electron chi connectivity index (χ3n) is 6.25. The molecule has 0 bridgehead atoms. The summed E-state index contributed by atoms with van der Waals surface area (Å²) in [7, 11) is 0. The van der Waals surface area contributed by atoms with Crippen LogP contribution in [0.25, 0.3) is 0 Å². The van der Waals surface area contributed by atoms with Crippen molar-refractivity contribution < 1.29 is 24.1 Å².